The summed E-state index contributed by atoms with van der Waals surface area (Å²) >= 11 is 0. The third kappa shape index (κ3) is 4.43. The van der Waals surface area contributed by atoms with Crippen LogP contribution >= 0.6 is 0 Å². The van der Waals surface area contributed by atoms with Gasteiger partial charge < -0.3 is 15.4 Å². The van der Waals surface area contributed by atoms with Gasteiger partial charge in [-0.1, -0.05) is 20.8 Å². The van der Waals surface area contributed by atoms with E-state index in [0.717, 1.165) is 39.3 Å². The number of carbonyl (C=O) groups is 1. The average Bonchev–Trinajstić information content (AvgIpc) is 2.33. The lowest BCUT2D eigenvalue weighted by Crippen LogP contribution is -2.52. The zero-order chi connectivity index (χ0) is 14.5. The molecule has 20 heavy (non-hydrogen) atoms. The quantitative estimate of drug-likeness (QED) is 0.737. The minimum atomic E-state index is 0.103. The summed E-state index contributed by atoms with van der Waals surface area (Å²) in [5.41, 5.74) is 0. The Morgan fingerprint density at radius 3 is 2.75 bits per heavy atom. The van der Waals surface area contributed by atoms with Gasteiger partial charge in [0.25, 0.3) is 0 Å². The first-order valence-corrected chi connectivity index (χ1v) is 7.88. The smallest absolute Gasteiger partial charge is 0.223 e. The summed E-state index contributed by atoms with van der Waals surface area (Å²) in [6, 6.07) is 0. The van der Waals surface area contributed by atoms with Crippen LogP contribution in [0.3, 0.4) is 0 Å². The fraction of sp³-hybridized carbons (Fsp3) is 0.933. The van der Waals surface area contributed by atoms with Gasteiger partial charge in [-0.3, -0.25) is 9.69 Å². The van der Waals surface area contributed by atoms with E-state index in [-0.39, 0.29) is 17.9 Å². The van der Waals surface area contributed by atoms with Crippen LogP contribution in [0.2, 0.25) is 0 Å². The van der Waals surface area contributed by atoms with Gasteiger partial charge in [-0.05, 0) is 24.9 Å². The molecule has 2 N–H and O–H groups in total. The molecule has 0 aliphatic carbocycles. The van der Waals surface area contributed by atoms with Crippen molar-refractivity contribution in [3.63, 3.8) is 0 Å². The Balaban J connectivity index is 1.68. The van der Waals surface area contributed by atoms with Gasteiger partial charge in [-0.15, -0.1) is 0 Å². The van der Waals surface area contributed by atoms with Crippen molar-refractivity contribution >= 4 is 5.91 Å². The van der Waals surface area contributed by atoms with E-state index in [1.54, 1.807) is 0 Å². The van der Waals surface area contributed by atoms with Crippen LogP contribution in [-0.4, -0.2) is 62.8 Å². The molecular weight excluding hydrogens is 254 g/mol. The van der Waals surface area contributed by atoms with Gasteiger partial charge in [0.2, 0.25) is 5.91 Å². The van der Waals surface area contributed by atoms with E-state index in [0.29, 0.717) is 18.4 Å². The maximum Gasteiger partial charge on any atom is 0.223 e. The highest BCUT2D eigenvalue weighted by Crippen LogP contribution is 2.16. The molecule has 0 aromatic carbocycles. The number of nitrogens with zero attached hydrogens (tertiary/aromatic N) is 1. The summed E-state index contributed by atoms with van der Waals surface area (Å²) < 4.78 is 5.75. The van der Waals surface area contributed by atoms with Crippen molar-refractivity contribution in [2.24, 2.45) is 17.8 Å². The lowest BCUT2D eigenvalue weighted by Gasteiger charge is -2.35. The third-order valence-corrected chi connectivity index (χ3v) is 4.28. The Labute approximate surface area is 122 Å². The molecule has 2 aliphatic rings. The van der Waals surface area contributed by atoms with Crippen LogP contribution in [0.4, 0.5) is 0 Å². The van der Waals surface area contributed by atoms with Crippen LogP contribution in [0.1, 0.15) is 20.8 Å². The molecule has 116 valence electrons. The number of hydrogen-bond donors (Lipinski definition) is 2. The van der Waals surface area contributed by atoms with Crippen molar-refractivity contribution in [2.75, 3.05) is 45.9 Å². The number of rotatable bonds is 6. The summed E-state index contributed by atoms with van der Waals surface area (Å²) in [7, 11) is 0. The zero-order valence-corrected chi connectivity index (χ0v) is 13.0. The molecule has 0 spiro atoms. The molecule has 2 aliphatic heterocycles. The third-order valence-electron chi connectivity index (χ3n) is 4.28. The van der Waals surface area contributed by atoms with Gasteiger partial charge in [0.15, 0.2) is 0 Å². The maximum absolute atomic E-state index is 12.1. The minimum absolute atomic E-state index is 0.103. The highest BCUT2D eigenvalue weighted by atomic mass is 16.5. The molecule has 0 radical (unpaired) electrons. The van der Waals surface area contributed by atoms with E-state index in [4.69, 9.17) is 4.74 Å². The largest absolute Gasteiger partial charge is 0.374 e. The molecule has 5 nitrogen and oxygen atoms in total. The average molecular weight is 283 g/mol. The summed E-state index contributed by atoms with van der Waals surface area (Å²) in [4.78, 5) is 14.5. The fourth-order valence-electron chi connectivity index (χ4n) is 2.84. The van der Waals surface area contributed by atoms with Crippen molar-refractivity contribution < 1.29 is 9.53 Å². The van der Waals surface area contributed by atoms with E-state index in [9.17, 15) is 4.79 Å². The van der Waals surface area contributed by atoms with E-state index in [1.165, 1.54) is 0 Å². The SMILES string of the molecule is CC(C)CN1CCOC(CNC(=O)C(C)C2CNC2)C1. The Morgan fingerprint density at radius 2 is 2.15 bits per heavy atom. The summed E-state index contributed by atoms with van der Waals surface area (Å²) in [6.07, 6.45) is 0.137. The molecule has 5 heteroatoms. The summed E-state index contributed by atoms with van der Waals surface area (Å²) in [6.45, 7) is 12.9. The second kappa shape index (κ2) is 7.38. The molecular formula is C15H29N3O2. The highest BCUT2D eigenvalue weighted by molar-refractivity contribution is 5.78. The second-order valence-corrected chi connectivity index (χ2v) is 6.60. The number of hydrogen-bond acceptors (Lipinski definition) is 4. The minimum Gasteiger partial charge on any atom is -0.374 e. The molecule has 2 fully saturated rings. The molecule has 2 atom stereocenters. The standard InChI is InChI=1S/C15H29N3O2/c1-11(2)9-18-4-5-20-14(10-18)8-17-15(19)12(3)13-6-16-7-13/h11-14,16H,4-10H2,1-3H3,(H,17,19). The van der Waals surface area contributed by atoms with Gasteiger partial charge in [0, 0.05) is 32.1 Å². The Morgan fingerprint density at radius 1 is 1.40 bits per heavy atom. The van der Waals surface area contributed by atoms with Crippen LogP contribution in [-0.2, 0) is 9.53 Å². The number of morpholine rings is 1. The van der Waals surface area contributed by atoms with Gasteiger partial charge >= 0.3 is 0 Å². The molecule has 2 rings (SSSR count). The first kappa shape index (κ1) is 15.7. The first-order valence-electron chi connectivity index (χ1n) is 7.88. The highest BCUT2D eigenvalue weighted by Gasteiger charge is 2.29. The van der Waals surface area contributed by atoms with Crippen molar-refractivity contribution in [1.29, 1.82) is 0 Å². The predicted molar refractivity (Wildman–Crippen MR) is 79.6 cm³/mol. The first-order chi connectivity index (χ1) is 9.56. The zero-order valence-electron chi connectivity index (χ0n) is 13.0. The van der Waals surface area contributed by atoms with Gasteiger partial charge in [0.1, 0.15) is 0 Å². The van der Waals surface area contributed by atoms with Crippen LogP contribution in [0.5, 0.6) is 0 Å². The molecule has 2 heterocycles. The summed E-state index contributed by atoms with van der Waals surface area (Å²) in [5.74, 6) is 1.45. The molecule has 0 bridgehead atoms. The Bertz CT molecular complexity index is 318. The van der Waals surface area contributed by atoms with Crippen molar-refractivity contribution in [3.8, 4) is 0 Å². The van der Waals surface area contributed by atoms with Crippen LogP contribution in [0.15, 0.2) is 0 Å². The number of nitrogens with one attached hydrogen (secondary N) is 2. The van der Waals surface area contributed by atoms with Gasteiger partial charge in [-0.25, -0.2) is 0 Å². The van der Waals surface area contributed by atoms with Gasteiger partial charge in [-0.2, -0.15) is 0 Å². The lowest BCUT2D eigenvalue weighted by molar-refractivity contribution is -0.127. The van der Waals surface area contributed by atoms with Crippen molar-refractivity contribution in [1.82, 2.24) is 15.5 Å². The number of amides is 1. The lowest BCUT2D eigenvalue weighted by atomic mass is 9.88. The monoisotopic (exact) mass is 283 g/mol. The Hall–Kier alpha value is -0.650. The van der Waals surface area contributed by atoms with E-state index in [2.05, 4.69) is 29.4 Å². The van der Waals surface area contributed by atoms with E-state index in [1.807, 2.05) is 6.92 Å². The molecule has 1 amide bonds. The van der Waals surface area contributed by atoms with E-state index >= 15 is 0 Å². The topological polar surface area (TPSA) is 53.6 Å². The number of carbonyl (C=O) groups excluding carboxylic acids is 1. The van der Waals surface area contributed by atoms with Crippen LogP contribution < -0.4 is 10.6 Å². The normalized spacial score (nSPS) is 26.3. The Kier molecular flexibility index (Phi) is 5.81. The van der Waals surface area contributed by atoms with E-state index < -0.39 is 0 Å². The van der Waals surface area contributed by atoms with Crippen molar-refractivity contribution in [2.45, 2.75) is 26.9 Å². The molecule has 0 aromatic heterocycles. The summed E-state index contributed by atoms with van der Waals surface area (Å²) in [5, 5.41) is 6.27. The number of ether oxygens (including phenoxy) is 1. The molecule has 2 unspecified atom stereocenters. The van der Waals surface area contributed by atoms with Gasteiger partial charge in [0.05, 0.1) is 12.7 Å². The van der Waals surface area contributed by atoms with Crippen LogP contribution in [0, 0.1) is 17.8 Å². The van der Waals surface area contributed by atoms with Crippen LogP contribution in [0.25, 0.3) is 0 Å². The molecule has 0 saturated carbocycles. The molecule has 2 saturated heterocycles. The maximum atomic E-state index is 12.1. The molecule has 0 aromatic rings. The fourth-order valence-corrected chi connectivity index (χ4v) is 2.84. The predicted octanol–water partition coefficient (Wildman–Crippen LogP) is 0.315. The second-order valence-electron chi connectivity index (χ2n) is 6.60. The van der Waals surface area contributed by atoms with Crippen molar-refractivity contribution in [3.05, 3.63) is 0 Å².